The molecule has 4 aromatic rings. The van der Waals surface area contributed by atoms with Crippen molar-refractivity contribution >= 4 is 28.5 Å². The van der Waals surface area contributed by atoms with Gasteiger partial charge in [-0.1, -0.05) is 42.5 Å². The maximum absolute atomic E-state index is 13.3. The lowest BCUT2D eigenvalue weighted by Crippen LogP contribution is -2.11. The van der Waals surface area contributed by atoms with E-state index in [1.165, 1.54) is 12.1 Å². The highest BCUT2D eigenvalue weighted by Crippen LogP contribution is 2.38. The molecule has 4 nitrogen and oxygen atoms in total. The standard InChI is InChI=1S/C28H20F3NO3/c29-28(30,31)20-5-3-4-18(15-20)16-35-27(34)25-22-6-1-2-7-24(22)32-26-19(10-13-23(25)26)14-17-8-11-21(33)12-9-17/h1-9,11-12,14-15,33H,10,13,16H2. The highest BCUT2D eigenvalue weighted by atomic mass is 19.4. The normalized spacial score (nSPS) is 14.3. The SMILES string of the molecule is O=C(OCc1cccc(C(F)(F)F)c1)c1c2c(nc3ccccc13)C(=Cc1ccc(O)cc1)CC2. The number of carbonyl (C=O) groups excluding carboxylic acids is 1. The number of alkyl halides is 3. The summed E-state index contributed by atoms with van der Waals surface area (Å²) < 4.78 is 44.6. The molecule has 0 saturated heterocycles. The maximum Gasteiger partial charge on any atom is 0.416 e. The summed E-state index contributed by atoms with van der Waals surface area (Å²) in [5.74, 6) is -0.419. The summed E-state index contributed by atoms with van der Waals surface area (Å²) in [6.07, 6.45) is -1.23. The first-order valence-electron chi connectivity index (χ1n) is 11.0. The van der Waals surface area contributed by atoms with Crippen molar-refractivity contribution in [2.75, 3.05) is 0 Å². The lowest BCUT2D eigenvalue weighted by molar-refractivity contribution is -0.137. The summed E-state index contributed by atoms with van der Waals surface area (Å²) in [5.41, 5.74) is 3.84. The van der Waals surface area contributed by atoms with Gasteiger partial charge < -0.3 is 9.84 Å². The molecule has 0 atom stereocenters. The number of phenols is 1. The average molecular weight is 475 g/mol. The van der Waals surface area contributed by atoms with Crippen molar-refractivity contribution < 1.29 is 27.8 Å². The van der Waals surface area contributed by atoms with Crippen LogP contribution in [-0.4, -0.2) is 16.1 Å². The van der Waals surface area contributed by atoms with Crippen LogP contribution >= 0.6 is 0 Å². The van der Waals surface area contributed by atoms with Gasteiger partial charge in [0, 0.05) is 5.39 Å². The number of benzene rings is 3. The molecule has 0 aliphatic heterocycles. The van der Waals surface area contributed by atoms with Crippen LogP contribution in [0.3, 0.4) is 0 Å². The first-order chi connectivity index (χ1) is 16.8. The third-order valence-corrected chi connectivity index (χ3v) is 6.00. The minimum Gasteiger partial charge on any atom is -0.508 e. The molecule has 1 aromatic heterocycles. The van der Waals surface area contributed by atoms with E-state index in [9.17, 15) is 23.1 Å². The van der Waals surface area contributed by atoms with Gasteiger partial charge in [0.1, 0.15) is 12.4 Å². The number of ether oxygens (including phenoxy) is 1. The predicted molar refractivity (Wildman–Crippen MR) is 127 cm³/mol. The molecule has 1 aliphatic carbocycles. The number of rotatable bonds is 4. The Morgan fingerprint density at radius 1 is 1.00 bits per heavy atom. The number of aromatic nitrogens is 1. The number of aromatic hydroxyl groups is 1. The molecule has 0 saturated carbocycles. The second-order valence-electron chi connectivity index (χ2n) is 8.37. The van der Waals surface area contributed by atoms with E-state index < -0.39 is 17.7 Å². The van der Waals surface area contributed by atoms with Crippen molar-refractivity contribution in [3.63, 3.8) is 0 Å². The summed E-state index contributed by atoms with van der Waals surface area (Å²) in [6.45, 7) is -0.273. The van der Waals surface area contributed by atoms with E-state index in [0.717, 1.165) is 28.8 Å². The van der Waals surface area contributed by atoms with Gasteiger partial charge in [-0.15, -0.1) is 0 Å². The Balaban J connectivity index is 1.50. The van der Waals surface area contributed by atoms with Crippen LogP contribution in [-0.2, 0) is 23.9 Å². The van der Waals surface area contributed by atoms with Crippen LogP contribution in [0.1, 0.15) is 44.7 Å². The Kier molecular flexibility index (Phi) is 5.76. The number of pyridine rings is 1. The van der Waals surface area contributed by atoms with E-state index in [2.05, 4.69) is 0 Å². The zero-order chi connectivity index (χ0) is 24.6. The van der Waals surface area contributed by atoms with E-state index in [-0.39, 0.29) is 17.9 Å². The van der Waals surface area contributed by atoms with Gasteiger partial charge in [0.05, 0.1) is 22.3 Å². The highest BCUT2D eigenvalue weighted by Gasteiger charge is 2.31. The van der Waals surface area contributed by atoms with Gasteiger partial charge >= 0.3 is 12.1 Å². The van der Waals surface area contributed by atoms with Crippen molar-refractivity contribution in [2.45, 2.75) is 25.6 Å². The van der Waals surface area contributed by atoms with Gasteiger partial charge in [-0.2, -0.15) is 13.2 Å². The van der Waals surface area contributed by atoms with E-state index in [1.807, 2.05) is 24.3 Å². The number of fused-ring (bicyclic) bond motifs is 2. The number of nitrogens with zero attached hydrogens (tertiary/aromatic N) is 1. The van der Waals surface area contributed by atoms with Crippen molar-refractivity contribution in [1.82, 2.24) is 4.98 Å². The Hall–Kier alpha value is -4.13. The fourth-order valence-corrected chi connectivity index (χ4v) is 4.34. The van der Waals surface area contributed by atoms with Crippen LogP contribution in [0.4, 0.5) is 13.2 Å². The van der Waals surface area contributed by atoms with Gasteiger partial charge in [-0.25, -0.2) is 9.78 Å². The molecule has 0 radical (unpaired) electrons. The second-order valence-corrected chi connectivity index (χ2v) is 8.37. The van der Waals surface area contributed by atoms with Gasteiger partial charge in [-0.3, -0.25) is 0 Å². The molecule has 0 amide bonds. The zero-order valence-electron chi connectivity index (χ0n) is 18.5. The molecule has 0 bridgehead atoms. The van der Waals surface area contributed by atoms with E-state index in [1.54, 1.807) is 30.3 Å². The molecule has 5 rings (SSSR count). The second kappa shape index (κ2) is 8.91. The van der Waals surface area contributed by atoms with Crippen LogP contribution in [0.2, 0.25) is 0 Å². The summed E-state index contributed by atoms with van der Waals surface area (Å²) in [4.78, 5) is 18.1. The molecule has 0 fully saturated rings. The monoisotopic (exact) mass is 475 g/mol. The number of allylic oxidation sites excluding steroid dienone is 1. The van der Waals surface area contributed by atoms with E-state index in [0.29, 0.717) is 35.0 Å². The third-order valence-electron chi connectivity index (χ3n) is 6.00. The van der Waals surface area contributed by atoms with Gasteiger partial charge in [0.25, 0.3) is 0 Å². The Morgan fingerprint density at radius 3 is 2.54 bits per heavy atom. The van der Waals surface area contributed by atoms with Gasteiger partial charge in [0.15, 0.2) is 0 Å². The summed E-state index contributed by atoms with van der Waals surface area (Å²) in [7, 11) is 0. The molecule has 0 unspecified atom stereocenters. The number of hydrogen-bond donors (Lipinski definition) is 1. The van der Waals surface area contributed by atoms with E-state index in [4.69, 9.17) is 9.72 Å². The van der Waals surface area contributed by atoms with Gasteiger partial charge in [0.2, 0.25) is 0 Å². The van der Waals surface area contributed by atoms with Crippen LogP contribution in [0.5, 0.6) is 5.75 Å². The lowest BCUT2D eigenvalue weighted by Gasteiger charge is -2.13. The first-order valence-corrected chi connectivity index (χ1v) is 11.0. The number of halogens is 3. The lowest BCUT2D eigenvalue weighted by atomic mass is 10.0. The number of hydrogen-bond acceptors (Lipinski definition) is 4. The molecular weight excluding hydrogens is 455 g/mol. The molecule has 1 N–H and O–H groups in total. The van der Waals surface area contributed by atoms with E-state index >= 15 is 0 Å². The smallest absolute Gasteiger partial charge is 0.416 e. The largest absolute Gasteiger partial charge is 0.508 e. The van der Waals surface area contributed by atoms with Crippen molar-refractivity contribution in [3.8, 4) is 5.75 Å². The molecular formula is C28H20F3NO3. The number of para-hydroxylation sites is 1. The molecule has 1 aliphatic rings. The highest BCUT2D eigenvalue weighted by molar-refractivity contribution is 6.07. The average Bonchev–Trinajstić information content (AvgIpc) is 3.24. The summed E-state index contributed by atoms with van der Waals surface area (Å²) in [5, 5.41) is 10.2. The third kappa shape index (κ3) is 4.62. The summed E-state index contributed by atoms with van der Waals surface area (Å²) >= 11 is 0. The molecule has 1 heterocycles. The Labute approximate surface area is 199 Å². The van der Waals surface area contributed by atoms with Crippen molar-refractivity contribution in [1.29, 1.82) is 0 Å². The minimum absolute atomic E-state index is 0.175. The minimum atomic E-state index is -4.47. The topological polar surface area (TPSA) is 59.4 Å². The number of phenolic OH excluding ortho intramolecular Hbond substituents is 1. The first kappa shape index (κ1) is 22.7. The zero-order valence-corrected chi connectivity index (χ0v) is 18.5. The Bertz CT molecular complexity index is 1460. The number of carbonyl (C=O) groups is 1. The molecule has 3 aromatic carbocycles. The fourth-order valence-electron chi connectivity index (χ4n) is 4.34. The van der Waals surface area contributed by atoms with Crippen LogP contribution in [0.25, 0.3) is 22.6 Å². The fraction of sp³-hybridized carbons (Fsp3) is 0.143. The molecule has 176 valence electrons. The van der Waals surface area contributed by atoms with Crippen molar-refractivity contribution in [3.05, 3.63) is 106 Å². The number of esters is 1. The van der Waals surface area contributed by atoms with Crippen LogP contribution in [0, 0.1) is 0 Å². The predicted octanol–water partition coefficient (Wildman–Crippen LogP) is 6.80. The summed E-state index contributed by atoms with van der Waals surface area (Å²) in [6, 6.07) is 18.8. The van der Waals surface area contributed by atoms with Crippen LogP contribution in [0.15, 0.2) is 72.8 Å². The molecule has 7 heteroatoms. The molecule has 0 spiro atoms. The molecule has 35 heavy (non-hydrogen) atoms. The quantitative estimate of drug-likeness (QED) is 0.330. The Morgan fingerprint density at radius 2 is 1.77 bits per heavy atom. The van der Waals surface area contributed by atoms with Crippen molar-refractivity contribution in [2.24, 2.45) is 0 Å². The van der Waals surface area contributed by atoms with Gasteiger partial charge in [-0.05, 0) is 71.5 Å². The maximum atomic E-state index is 13.3. The van der Waals surface area contributed by atoms with Crippen LogP contribution < -0.4 is 0 Å².